The monoisotopic (exact) mass is 345 g/mol. The highest BCUT2D eigenvalue weighted by molar-refractivity contribution is 7.90. The van der Waals surface area contributed by atoms with Crippen molar-refractivity contribution in [3.05, 3.63) is 90.5 Å². The normalized spacial score (nSPS) is 12.2. The molecule has 3 nitrogen and oxygen atoms in total. The van der Waals surface area contributed by atoms with Gasteiger partial charge in [-0.25, -0.2) is 0 Å². The minimum atomic E-state index is -3.73. The zero-order valence-corrected chi connectivity index (χ0v) is 14.1. The van der Waals surface area contributed by atoms with E-state index in [-0.39, 0.29) is 4.90 Å². The fraction of sp³-hybridized carbons (Fsp3) is 0. The van der Waals surface area contributed by atoms with Crippen molar-refractivity contribution in [1.29, 1.82) is 0 Å². The number of hydrogen-bond acceptors (Lipinski definition) is 2. The fourth-order valence-corrected chi connectivity index (χ4v) is 3.83. The van der Waals surface area contributed by atoms with Crippen LogP contribution in [0.5, 0.6) is 0 Å². The maximum Gasteiger partial charge on any atom is 0.282 e. The van der Waals surface area contributed by atoms with Crippen LogP contribution in [0.15, 0.2) is 94.2 Å². The summed E-state index contributed by atoms with van der Waals surface area (Å²) in [6.07, 6.45) is 1.47. The Hall–Kier alpha value is -2.98. The van der Waals surface area contributed by atoms with E-state index in [2.05, 4.69) is 10.5 Å². The van der Waals surface area contributed by atoms with Gasteiger partial charge < -0.3 is 0 Å². The van der Waals surface area contributed by atoms with E-state index < -0.39 is 10.0 Å². The molecule has 4 aromatic carbocycles. The molecule has 4 aromatic rings. The molecule has 0 radical (unpaired) electrons. The van der Waals surface area contributed by atoms with Crippen molar-refractivity contribution in [3.63, 3.8) is 0 Å². The number of benzene rings is 4. The third-order valence-electron chi connectivity index (χ3n) is 4.17. The van der Waals surface area contributed by atoms with Gasteiger partial charge in [-0.3, -0.25) is 0 Å². The van der Waals surface area contributed by atoms with E-state index in [9.17, 15) is 8.42 Å². The van der Waals surface area contributed by atoms with Gasteiger partial charge in [-0.05, 0) is 39.7 Å². The van der Waals surface area contributed by atoms with Crippen molar-refractivity contribution in [2.24, 2.45) is 4.40 Å². The summed E-state index contributed by atoms with van der Waals surface area (Å²) < 4.78 is 28.9. The summed E-state index contributed by atoms with van der Waals surface area (Å²) in [6.45, 7) is 0. The van der Waals surface area contributed by atoms with Crippen LogP contribution in [0.4, 0.5) is 0 Å². The first kappa shape index (κ1) is 15.5. The Labute approximate surface area is 146 Å². The van der Waals surface area contributed by atoms with Crippen LogP contribution < -0.4 is 0 Å². The highest BCUT2D eigenvalue weighted by Gasteiger charge is 2.12. The summed E-state index contributed by atoms with van der Waals surface area (Å²) in [6, 6.07) is 26.2. The van der Waals surface area contributed by atoms with Crippen molar-refractivity contribution in [2.75, 3.05) is 0 Å². The zero-order chi connectivity index (χ0) is 17.3. The number of nitrogens with zero attached hydrogens (tertiary/aromatic N) is 1. The summed E-state index contributed by atoms with van der Waals surface area (Å²) in [4.78, 5) is 0.191. The first-order chi connectivity index (χ1) is 12.1. The summed E-state index contributed by atoms with van der Waals surface area (Å²) in [5.74, 6) is 0. The molecule has 0 bridgehead atoms. The van der Waals surface area contributed by atoms with Gasteiger partial charge in [0, 0.05) is 11.8 Å². The Bertz CT molecular complexity index is 1140. The van der Waals surface area contributed by atoms with Crippen molar-refractivity contribution in [2.45, 2.75) is 4.90 Å². The maximum absolute atomic E-state index is 12.5. The van der Waals surface area contributed by atoms with Gasteiger partial charge in [-0.1, -0.05) is 66.7 Å². The fourth-order valence-electron chi connectivity index (χ4n) is 2.96. The van der Waals surface area contributed by atoms with Crippen molar-refractivity contribution >= 4 is 37.8 Å². The van der Waals surface area contributed by atoms with Crippen LogP contribution in [-0.2, 0) is 10.0 Å². The number of sulfonamides is 1. The zero-order valence-electron chi connectivity index (χ0n) is 13.3. The molecule has 0 N–H and O–H groups in total. The average molecular weight is 345 g/mol. The lowest BCUT2D eigenvalue weighted by Crippen LogP contribution is -1.98. The van der Waals surface area contributed by atoms with Crippen molar-refractivity contribution in [3.8, 4) is 0 Å². The van der Waals surface area contributed by atoms with Crippen LogP contribution in [0.25, 0.3) is 21.5 Å². The van der Waals surface area contributed by atoms with Crippen molar-refractivity contribution < 1.29 is 8.42 Å². The Morgan fingerprint density at radius 1 is 0.680 bits per heavy atom. The Balaban J connectivity index is 1.93. The molecule has 0 saturated carbocycles. The molecule has 0 aliphatic heterocycles. The van der Waals surface area contributed by atoms with Crippen LogP contribution in [0.3, 0.4) is 0 Å². The van der Waals surface area contributed by atoms with Gasteiger partial charge in [-0.15, -0.1) is 0 Å². The number of hydrogen-bond donors (Lipinski definition) is 0. The molecule has 0 amide bonds. The molecule has 0 aliphatic rings. The van der Waals surface area contributed by atoms with Gasteiger partial charge in [-0.2, -0.15) is 12.8 Å². The van der Waals surface area contributed by atoms with E-state index in [0.717, 1.165) is 27.1 Å². The molecule has 0 spiro atoms. The minimum Gasteiger partial charge on any atom is -0.199 e. The highest BCUT2D eigenvalue weighted by Crippen LogP contribution is 2.27. The van der Waals surface area contributed by atoms with E-state index in [1.165, 1.54) is 6.21 Å². The van der Waals surface area contributed by atoms with Gasteiger partial charge in [0.05, 0.1) is 4.90 Å². The second-order valence-corrected chi connectivity index (χ2v) is 7.39. The average Bonchev–Trinajstić information content (AvgIpc) is 2.66. The molecule has 25 heavy (non-hydrogen) atoms. The standard InChI is InChI=1S/C21H15NO2S/c23-25(24,18-10-2-1-3-11-18)22-15-21-19-12-6-4-8-16(19)14-17-9-5-7-13-20(17)21/h1-15H/b22-15+. The van der Waals surface area contributed by atoms with Crippen LogP contribution in [0, 0.1) is 0 Å². The first-order valence-electron chi connectivity index (χ1n) is 7.91. The molecule has 0 saturated heterocycles. The van der Waals surface area contributed by atoms with Gasteiger partial charge in [0.1, 0.15) is 0 Å². The topological polar surface area (TPSA) is 46.5 Å². The molecule has 122 valence electrons. The van der Waals surface area contributed by atoms with E-state index in [4.69, 9.17) is 0 Å². The molecular weight excluding hydrogens is 330 g/mol. The first-order valence-corrected chi connectivity index (χ1v) is 9.35. The molecule has 4 heteroatoms. The molecule has 0 atom stereocenters. The minimum absolute atomic E-state index is 0.191. The quantitative estimate of drug-likeness (QED) is 0.395. The third-order valence-corrected chi connectivity index (χ3v) is 5.43. The molecule has 0 aliphatic carbocycles. The van der Waals surface area contributed by atoms with Crippen LogP contribution in [0.2, 0.25) is 0 Å². The van der Waals surface area contributed by atoms with E-state index in [0.29, 0.717) is 0 Å². The summed E-state index contributed by atoms with van der Waals surface area (Å²) in [5.41, 5.74) is 0.813. The lowest BCUT2D eigenvalue weighted by molar-refractivity contribution is 0.598. The Morgan fingerprint density at radius 3 is 1.80 bits per heavy atom. The van der Waals surface area contributed by atoms with Gasteiger partial charge in [0.15, 0.2) is 0 Å². The van der Waals surface area contributed by atoms with Gasteiger partial charge >= 0.3 is 0 Å². The maximum atomic E-state index is 12.5. The van der Waals surface area contributed by atoms with Crippen LogP contribution >= 0.6 is 0 Å². The lowest BCUT2D eigenvalue weighted by Gasteiger charge is -2.08. The molecule has 4 rings (SSSR count). The number of rotatable bonds is 3. The van der Waals surface area contributed by atoms with Gasteiger partial charge in [0.25, 0.3) is 10.0 Å². The van der Waals surface area contributed by atoms with Crippen LogP contribution in [-0.4, -0.2) is 14.6 Å². The predicted molar refractivity (Wildman–Crippen MR) is 103 cm³/mol. The van der Waals surface area contributed by atoms with Crippen LogP contribution in [0.1, 0.15) is 5.56 Å². The highest BCUT2D eigenvalue weighted by atomic mass is 32.2. The Morgan fingerprint density at radius 2 is 1.20 bits per heavy atom. The second kappa shape index (κ2) is 6.15. The molecule has 0 fully saturated rings. The third kappa shape index (κ3) is 2.92. The molecule has 0 unspecified atom stereocenters. The van der Waals surface area contributed by atoms with E-state index in [1.807, 2.05) is 48.5 Å². The number of fused-ring (bicyclic) bond motifs is 2. The largest absolute Gasteiger partial charge is 0.282 e. The van der Waals surface area contributed by atoms with Crippen molar-refractivity contribution in [1.82, 2.24) is 0 Å². The van der Waals surface area contributed by atoms with Gasteiger partial charge in [0.2, 0.25) is 0 Å². The molecular formula is C21H15NO2S. The Kier molecular flexibility index (Phi) is 3.82. The smallest absolute Gasteiger partial charge is 0.199 e. The predicted octanol–water partition coefficient (Wildman–Crippen LogP) is 4.80. The second-order valence-electron chi connectivity index (χ2n) is 5.76. The summed E-state index contributed by atoms with van der Waals surface area (Å²) >= 11 is 0. The lowest BCUT2D eigenvalue weighted by atomic mass is 9.97. The summed E-state index contributed by atoms with van der Waals surface area (Å²) in [5, 5.41) is 4.07. The van der Waals surface area contributed by atoms with E-state index >= 15 is 0 Å². The summed E-state index contributed by atoms with van der Waals surface area (Å²) in [7, 11) is -3.73. The molecule has 0 heterocycles. The van der Waals surface area contributed by atoms with E-state index in [1.54, 1.807) is 30.3 Å². The SMILES string of the molecule is O=S(=O)(/N=C/c1c2ccccc2cc2ccccc12)c1ccccc1. The molecule has 0 aromatic heterocycles.